The third-order valence-electron chi connectivity index (χ3n) is 3.24. The van der Waals surface area contributed by atoms with Crippen molar-refractivity contribution in [2.24, 2.45) is 0 Å². The van der Waals surface area contributed by atoms with E-state index in [4.69, 9.17) is 9.47 Å². The van der Waals surface area contributed by atoms with Crippen LogP contribution in [0.4, 0.5) is 4.39 Å². The first-order valence-corrected chi connectivity index (χ1v) is 7.37. The summed E-state index contributed by atoms with van der Waals surface area (Å²) in [5.74, 6) is -0.221. The van der Waals surface area contributed by atoms with E-state index in [1.165, 1.54) is 18.9 Å². The minimum atomic E-state index is -0.221. The largest absolute Gasteiger partial charge is 0.376 e. The van der Waals surface area contributed by atoms with Crippen LogP contribution in [-0.4, -0.2) is 31.9 Å². The molecule has 0 aliphatic heterocycles. The Labute approximate surface area is 120 Å². The maximum absolute atomic E-state index is 13.3. The number of ether oxygens (including phenoxy) is 2. The molecule has 1 aliphatic carbocycles. The van der Waals surface area contributed by atoms with Crippen LogP contribution in [0.2, 0.25) is 0 Å². The Morgan fingerprint density at radius 3 is 2.65 bits per heavy atom. The Hall–Kier alpha value is -0.970. The molecule has 0 radical (unpaired) electrons. The molecule has 0 bridgehead atoms. The van der Waals surface area contributed by atoms with Crippen LogP contribution in [0.5, 0.6) is 0 Å². The third kappa shape index (κ3) is 5.57. The molecule has 3 nitrogen and oxygen atoms in total. The van der Waals surface area contributed by atoms with Gasteiger partial charge in [0, 0.05) is 12.6 Å². The number of halogens is 1. The zero-order valence-corrected chi connectivity index (χ0v) is 12.3. The highest BCUT2D eigenvalue weighted by atomic mass is 19.1. The molecule has 1 fully saturated rings. The van der Waals surface area contributed by atoms with Crippen LogP contribution in [0.1, 0.15) is 38.4 Å². The number of hydrogen-bond donors (Lipinski definition) is 1. The van der Waals surface area contributed by atoms with Crippen LogP contribution in [-0.2, 0) is 9.47 Å². The SMILES string of the molecule is CC(C)OCCOC(CNC1CC1)c1cccc(F)c1. The number of hydrogen-bond acceptors (Lipinski definition) is 3. The van der Waals surface area contributed by atoms with Crippen molar-refractivity contribution >= 4 is 0 Å². The number of benzene rings is 1. The van der Waals surface area contributed by atoms with Gasteiger partial charge in [0.05, 0.1) is 25.4 Å². The van der Waals surface area contributed by atoms with Gasteiger partial charge in [-0.15, -0.1) is 0 Å². The lowest BCUT2D eigenvalue weighted by Gasteiger charge is -2.19. The van der Waals surface area contributed by atoms with Crippen LogP contribution < -0.4 is 5.32 Å². The highest BCUT2D eigenvalue weighted by Crippen LogP contribution is 2.22. The van der Waals surface area contributed by atoms with Gasteiger partial charge in [0.1, 0.15) is 5.82 Å². The fraction of sp³-hybridized carbons (Fsp3) is 0.625. The molecular formula is C16H24FNO2. The minimum Gasteiger partial charge on any atom is -0.376 e. The summed E-state index contributed by atoms with van der Waals surface area (Å²) in [4.78, 5) is 0. The van der Waals surface area contributed by atoms with Gasteiger partial charge in [-0.2, -0.15) is 0 Å². The predicted octanol–water partition coefficient (Wildman–Crippen LogP) is 3.06. The van der Waals surface area contributed by atoms with Crippen molar-refractivity contribution in [3.8, 4) is 0 Å². The van der Waals surface area contributed by atoms with Gasteiger partial charge < -0.3 is 14.8 Å². The van der Waals surface area contributed by atoms with Crippen LogP contribution in [0, 0.1) is 5.82 Å². The number of rotatable bonds is 9. The predicted molar refractivity (Wildman–Crippen MR) is 77.2 cm³/mol. The molecule has 1 unspecified atom stereocenters. The van der Waals surface area contributed by atoms with Crippen molar-refractivity contribution in [2.45, 2.75) is 44.9 Å². The molecule has 20 heavy (non-hydrogen) atoms. The molecule has 0 heterocycles. The topological polar surface area (TPSA) is 30.5 Å². The summed E-state index contributed by atoms with van der Waals surface area (Å²) in [6, 6.07) is 7.25. The molecule has 1 aliphatic rings. The highest BCUT2D eigenvalue weighted by molar-refractivity contribution is 5.19. The van der Waals surface area contributed by atoms with E-state index in [2.05, 4.69) is 5.32 Å². The van der Waals surface area contributed by atoms with E-state index in [9.17, 15) is 4.39 Å². The zero-order chi connectivity index (χ0) is 14.4. The molecule has 1 aromatic carbocycles. The van der Waals surface area contributed by atoms with Crippen LogP contribution in [0.15, 0.2) is 24.3 Å². The van der Waals surface area contributed by atoms with E-state index in [0.29, 0.717) is 19.3 Å². The monoisotopic (exact) mass is 281 g/mol. The lowest BCUT2D eigenvalue weighted by molar-refractivity contribution is -0.0132. The van der Waals surface area contributed by atoms with Crippen molar-refractivity contribution in [3.63, 3.8) is 0 Å². The van der Waals surface area contributed by atoms with Gasteiger partial charge in [-0.1, -0.05) is 12.1 Å². The van der Waals surface area contributed by atoms with Gasteiger partial charge in [-0.3, -0.25) is 0 Å². The van der Waals surface area contributed by atoms with Gasteiger partial charge in [0.15, 0.2) is 0 Å². The van der Waals surface area contributed by atoms with Crippen molar-refractivity contribution in [1.82, 2.24) is 5.32 Å². The Bertz CT molecular complexity index is 407. The van der Waals surface area contributed by atoms with Crippen molar-refractivity contribution in [2.75, 3.05) is 19.8 Å². The Morgan fingerprint density at radius 2 is 2.00 bits per heavy atom. The summed E-state index contributed by atoms with van der Waals surface area (Å²) in [6.07, 6.45) is 2.54. The van der Waals surface area contributed by atoms with Gasteiger partial charge in [-0.05, 0) is 44.4 Å². The summed E-state index contributed by atoms with van der Waals surface area (Å²) in [7, 11) is 0. The average molecular weight is 281 g/mol. The van der Waals surface area contributed by atoms with Gasteiger partial charge in [0.25, 0.3) is 0 Å². The maximum Gasteiger partial charge on any atom is 0.123 e. The van der Waals surface area contributed by atoms with Crippen molar-refractivity contribution < 1.29 is 13.9 Å². The highest BCUT2D eigenvalue weighted by Gasteiger charge is 2.22. The molecule has 2 rings (SSSR count). The standard InChI is InChI=1S/C16H24FNO2/c1-12(2)19-8-9-20-16(11-18-15-6-7-15)13-4-3-5-14(17)10-13/h3-5,10,12,15-16,18H,6-9,11H2,1-2H3. The molecular weight excluding hydrogens is 257 g/mol. The molecule has 1 saturated carbocycles. The molecule has 0 saturated heterocycles. The Balaban J connectivity index is 1.85. The Morgan fingerprint density at radius 1 is 1.25 bits per heavy atom. The van der Waals surface area contributed by atoms with E-state index in [-0.39, 0.29) is 18.0 Å². The van der Waals surface area contributed by atoms with Crippen LogP contribution >= 0.6 is 0 Å². The second kappa shape index (κ2) is 7.72. The second-order valence-electron chi connectivity index (χ2n) is 5.52. The van der Waals surface area contributed by atoms with Gasteiger partial charge in [-0.25, -0.2) is 4.39 Å². The summed E-state index contributed by atoms with van der Waals surface area (Å²) in [5.41, 5.74) is 0.877. The Kier molecular flexibility index (Phi) is 5.95. The molecule has 0 aromatic heterocycles. The summed E-state index contributed by atoms with van der Waals surface area (Å²) in [6.45, 7) is 5.80. The van der Waals surface area contributed by atoms with E-state index >= 15 is 0 Å². The molecule has 0 spiro atoms. The first-order valence-electron chi connectivity index (χ1n) is 7.37. The second-order valence-corrected chi connectivity index (χ2v) is 5.52. The van der Waals surface area contributed by atoms with E-state index in [1.807, 2.05) is 19.9 Å². The van der Waals surface area contributed by atoms with E-state index < -0.39 is 0 Å². The van der Waals surface area contributed by atoms with Gasteiger partial charge in [0.2, 0.25) is 0 Å². The summed E-state index contributed by atoms with van der Waals surface area (Å²) < 4.78 is 24.7. The summed E-state index contributed by atoms with van der Waals surface area (Å²) in [5, 5.41) is 3.44. The van der Waals surface area contributed by atoms with E-state index in [0.717, 1.165) is 12.1 Å². The smallest absolute Gasteiger partial charge is 0.123 e. The molecule has 0 amide bonds. The van der Waals surface area contributed by atoms with Crippen LogP contribution in [0.3, 0.4) is 0 Å². The lowest BCUT2D eigenvalue weighted by atomic mass is 10.1. The first-order chi connectivity index (χ1) is 9.65. The van der Waals surface area contributed by atoms with Gasteiger partial charge >= 0.3 is 0 Å². The van der Waals surface area contributed by atoms with Crippen molar-refractivity contribution in [1.29, 1.82) is 0 Å². The molecule has 1 atom stereocenters. The first kappa shape index (κ1) is 15.4. The molecule has 1 N–H and O–H groups in total. The normalized spacial score (nSPS) is 16.6. The fourth-order valence-electron chi connectivity index (χ4n) is 2.02. The number of nitrogens with one attached hydrogen (secondary N) is 1. The zero-order valence-electron chi connectivity index (χ0n) is 12.3. The van der Waals surface area contributed by atoms with Crippen LogP contribution in [0.25, 0.3) is 0 Å². The lowest BCUT2D eigenvalue weighted by Crippen LogP contribution is -2.26. The fourth-order valence-corrected chi connectivity index (χ4v) is 2.02. The molecule has 4 heteroatoms. The third-order valence-corrected chi connectivity index (χ3v) is 3.24. The quantitative estimate of drug-likeness (QED) is 0.706. The van der Waals surface area contributed by atoms with E-state index in [1.54, 1.807) is 12.1 Å². The molecule has 1 aromatic rings. The maximum atomic E-state index is 13.3. The summed E-state index contributed by atoms with van der Waals surface area (Å²) >= 11 is 0. The van der Waals surface area contributed by atoms with Crippen molar-refractivity contribution in [3.05, 3.63) is 35.6 Å². The average Bonchev–Trinajstić information content (AvgIpc) is 3.21. The minimum absolute atomic E-state index is 0.123. The molecule has 112 valence electrons.